The van der Waals surface area contributed by atoms with Gasteiger partial charge in [-0.25, -0.2) is 0 Å². The number of nitro benzene ring substituents is 1. The highest BCUT2D eigenvalue weighted by Crippen LogP contribution is 2.17. The smallest absolute Gasteiger partial charge is 0.269 e. The van der Waals surface area contributed by atoms with Gasteiger partial charge < -0.3 is 15.5 Å². The third kappa shape index (κ3) is 3.49. The summed E-state index contributed by atoms with van der Waals surface area (Å²) in [6.45, 7) is 2.24. The molecule has 7 heteroatoms. The molecule has 1 rings (SSSR count). The second kappa shape index (κ2) is 5.77. The highest BCUT2D eigenvalue weighted by atomic mass is 16.6. The Morgan fingerprint density at radius 3 is 2.42 bits per heavy atom. The van der Waals surface area contributed by atoms with Gasteiger partial charge in [0, 0.05) is 17.7 Å². The largest absolute Gasteiger partial charge is 0.394 e. The standard InChI is InChI=1S/C12H16N2O5/c1-8-5-9(14(18)19)3-4-10(8)11(17)13-12(2,6-15)7-16/h3-5,15-16H,6-7H2,1-2H3,(H,13,17). The van der Waals surface area contributed by atoms with E-state index in [-0.39, 0.29) is 11.3 Å². The summed E-state index contributed by atoms with van der Waals surface area (Å²) in [5.74, 6) is -0.502. The van der Waals surface area contributed by atoms with Crippen molar-refractivity contribution >= 4 is 11.6 Å². The molecule has 104 valence electrons. The minimum Gasteiger partial charge on any atom is -0.394 e. The number of hydrogen-bond acceptors (Lipinski definition) is 5. The fourth-order valence-corrected chi connectivity index (χ4v) is 1.49. The summed E-state index contributed by atoms with van der Waals surface area (Å²) in [6.07, 6.45) is 0. The minimum absolute atomic E-state index is 0.0962. The van der Waals surface area contributed by atoms with E-state index in [2.05, 4.69) is 5.32 Å². The summed E-state index contributed by atoms with van der Waals surface area (Å²) in [4.78, 5) is 22.0. The second-order valence-electron chi connectivity index (χ2n) is 4.59. The summed E-state index contributed by atoms with van der Waals surface area (Å²) in [7, 11) is 0. The molecule has 0 heterocycles. The number of carbonyl (C=O) groups is 1. The summed E-state index contributed by atoms with van der Waals surface area (Å²) >= 11 is 0. The van der Waals surface area contributed by atoms with Crippen molar-refractivity contribution in [3.63, 3.8) is 0 Å². The number of hydrogen-bond donors (Lipinski definition) is 3. The minimum atomic E-state index is -1.13. The molecule has 1 aromatic carbocycles. The van der Waals surface area contributed by atoms with E-state index in [1.807, 2.05) is 0 Å². The Hall–Kier alpha value is -1.99. The van der Waals surface area contributed by atoms with Gasteiger partial charge in [-0.2, -0.15) is 0 Å². The van der Waals surface area contributed by atoms with Gasteiger partial charge in [0.1, 0.15) is 0 Å². The van der Waals surface area contributed by atoms with Crippen LogP contribution in [0.4, 0.5) is 5.69 Å². The zero-order chi connectivity index (χ0) is 14.6. The lowest BCUT2D eigenvalue weighted by molar-refractivity contribution is -0.384. The first-order chi connectivity index (χ1) is 8.83. The van der Waals surface area contributed by atoms with E-state index in [1.54, 1.807) is 6.92 Å². The maximum Gasteiger partial charge on any atom is 0.269 e. The fraction of sp³-hybridized carbons (Fsp3) is 0.417. The molecule has 0 aromatic heterocycles. The molecule has 0 unspecified atom stereocenters. The van der Waals surface area contributed by atoms with Crippen molar-refractivity contribution in [1.82, 2.24) is 5.32 Å². The predicted octanol–water partition coefficient (Wildman–Crippen LogP) is 0.376. The number of aliphatic hydroxyl groups excluding tert-OH is 2. The molecule has 3 N–H and O–H groups in total. The van der Waals surface area contributed by atoms with E-state index in [0.29, 0.717) is 5.56 Å². The van der Waals surface area contributed by atoms with Crippen molar-refractivity contribution in [3.05, 3.63) is 39.4 Å². The molecule has 0 atom stereocenters. The number of amides is 1. The van der Waals surface area contributed by atoms with Crippen LogP contribution in [0.15, 0.2) is 18.2 Å². The maximum atomic E-state index is 12.0. The van der Waals surface area contributed by atoms with Crippen molar-refractivity contribution in [2.45, 2.75) is 19.4 Å². The van der Waals surface area contributed by atoms with Gasteiger partial charge in [-0.3, -0.25) is 14.9 Å². The van der Waals surface area contributed by atoms with Crippen LogP contribution in [-0.4, -0.2) is 39.8 Å². The topological polar surface area (TPSA) is 113 Å². The van der Waals surface area contributed by atoms with Gasteiger partial charge in [0.15, 0.2) is 0 Å². The molecule has 0 spiro atoms. The third-order valence-corrected chi connectivity index (χ3v) is 2.78. The molecule has 0 radical (unpaired) electrons. The lowest BCUT2D eigenvalue weighted by Gasteiger charge is -2.26. The Labute approximate surface area is 110 Å². The van der Waals surface area contributed by atoms with E-state index < -0.39 is 29.6 Å². The number of non-ortho nitro benzene ring substituents is 1. The van der Waals surface area contributed by atoms with Gasteiger partial charge in [-0.15, -0.1) is 0 Å². The average molecular weight is 268 g/mol. The van der Waals surface area contributed by atoms with Gasteiger partial charge in [0.05, 0.1) is 23.7 Å². The zero-order valence-corrected chi connectivity index (χ0v) is 10.7. The molecule has 0 saturated carbocycles. The molecule has 0 aliphatic heterocycles. The monoisotopic (exact) mass is 268 g/mol. The number of carbonyl (C=O) groups excluding carboxylic acids is 1. The molecule has 1 aromatic rings. The molecule has 0 bridgehead atoms. The predicted molar refractivity (Wildman–Crippen MR) is 67.9 cm³/mol. The van der Waals surface area contributed by atoms with E-state index in [1.165, 1.54) is 25.1 Å². The van der Waals surface area contributed by atoms with Crippen LogP contribution in [-0.2, 0) is 0 Å². The van der Waals surface area contributed by atoms with Crippen LogP contribution in [0.2, 0.25) is 0 Å². The molecule has 0 aliphatic rings. The molecule has 0 saturated heterocycles. The van der Waals surface area contributed by atoms with Crippen LogP contribution >= 0.6 is 0 Å². The quantitative estimate of drug-likeness (QED) is 0.527. The van der Waals surface area contributed by atoms with Crippen LogP contribution in [0.1, 0.15) is 22.8 Å². The van der Waals surface area contributed by atoms with E-state index >= 15 is 0 Å². The second-order valence-corrected chi connectivity index (χ2v) is 4.59. The summed E-state index contributed by atoms with van der Waals surface area (Å²) < 4.78 is 0. The average Bonchev–Trinajstić information content (AvgIpc) is 2.38. The first-order valence-corrected chi connectivity index (χ1v) is 5.62. The van der Waals surface area contributed by atoms with Crippen LogP contribution in [0, 0.1) is 17.0 Å². The van der Waals surface area contributed by atoms with Crippen molar-refractivity contribution in [2.75, 3.05) is 13.2 Å². The lowest BCUT2D eigenvalue weighted by Crippen LogP contribution is -2.51. The Kier molecular flexibility index (Phi) is 4.57. The summed E-state index contributed by atoms with van der Waals surface area (Å²) in [5.41, 5.74) is -0.518. The fourth-order valence-electron chi connectivity index (χ4n) is 1.49. The SMILES string of the molecule is Cc1cc([N+](=O)[O-])ccc1C(=O)NC(C)(CO)CO. The number of rotatable bonds is 5. The van der Waals surface area contributed by atoms with Crippen LogP contribution in [0.3, 0.4) is 0 Å². The van der Waals surface area contributed by atoms with Crippen molar-refractivity contribution in [2.24, 2.45) is 0 Å². The Bertz CT molecular complexity index is 497. The first kappa shape index (κ1) is 15.1. The normalized spacial score (nSPS) is 11.2. The molecule has 7 nitrogen and oxygen atoms in total. The van der Waals surface area contributed by atoms with Crippen LogP contribution < -0.4 is 5.32 Å². The molecule has 1 amide bonds. The summed E-state index contributed by atoms with van der Waals surface area (Å²) in [5, 5.41) is 31.3. The number of aryl methyl sites for hydroxylation is 1. The molecule has 0 aliphatic carbocycles. The van der Waals surface area contributed by atoms with Gasteiger partial charge in [-0.05, 0) is 25.5 Å². The highest BCUT2D eigenvalue weighted by Gasteiger charge is 2.26. The van der Waals surface area contributed by atoms with Crippen LogP contribution in [0.25, 0.3) is 0 Å². The Morgan fingerprint density at radius 1 is 1.42 bits per heavy atom. The third-order valence-electron chi connectivity index (χ3n) is 2.78. The lowest BCUT2D eigenvalue weighted by atomic mass is 10.0. The number of nitrogens with one attached hydrogen (secondary N) is 1. The van der Waals surface area contributed by atoms with Crippen molar-refractivity contribution < 1.29 is 19.9 Å². The Balaban J connectivity index is 2.98. The van der Waals surface area contributed by atoms with E-state index in [0.717, 1.165) is 0 Å². The van der Waals surface area contributed by atoms with E-state index in [4.69, 9.17) is 10.2 Å². The van der Waals surface area contributed by atoms with Gasteiger partial charge in [0.2, 0.25) is 0 Å². The number of nitrogens with zero attached hydrogens (tertiary/aromatic N) is 1. The van der Waals surface area contributed by atoms with Crippen molar-refractivity contribution in [1.29, 1.82) is 0 Å². The summed E-state index contributed by atoms with van der Waals surface area (Å²) in [6, 6.07) is 3.87. The molecular formula is C12H16N2O5. The maximum absolute atomic E-state index is 12.0. The first-order valence-electron chi connectivity index (χ1n) is 5.62. The van der Waals surface area contributed by atoms with Crippen molar-refractivity contribution in [3.8, 4) is 0 Å². The zero-order valence-electron chi connectivity index (χ0n) is 10.7. The van der Waals surface area contributed by atoms with Gasteiger partial charge >= 0.3 is 0 Å². The van der Waals surface area contributed by atoms with Gasteiger partial charge in [-0.1, -0.05) is 0 Å². The molecule has 19 heavy (non-hydrogen) atoms. The molecule has 0 fully saturated rings. The number of benzene rings is 1. The van der Waals surface area contributed by atoms with Crippen LogP contribution in [0.5, 0.6) is 0 Å². The Morgan fingerprint density at radius 2 is 2.00 bits per heavy atom. The highest BCUT2D eigenvalue weighted by molar-refractivity contribution is 5.96. The van der Waals surface area contributed by atoms with E-state index in [9.17, 15) is 14.9 Å². The number of nitro groups is 1. The number of aliphatic hydroxyl groups is 2. The van der Waals surface area contributed by atoms with Gasteiger partial charge in [0.25, 0.3) is 11.6 Å². The molecular weight excluding hydrogens is 252 g/mol.